The van der Waals surface area contributed by atoms with Crippen LogP contribution in [0.1, 0.15) is 27.2 Å². The molecule has 34 heavy (non-hydrogen) atoms. The SMILES string of the molecule is Cc1cc(F)ccc1-c1cc(Cn2ccn(C)c2=N)cc(C(=O)NCc2ccc(Cl)c(F)c2)n1. The molecular formula is C25H22ClF2N5O. The van der Waals surface area contributed by atoms with E-state index in [0.29, 0.717) is 34.5 Å². The van der Waals surface area contributed by atoms with Crippen molar-refractivity contribution in [3.63, 3.8) is 0 Å². The molecule has 2 aromatic heterocycles. The van der Waals surface area contributed by atoms with E-state index in [1.54, 1.807) is 53.7 Å². The predicted molar refractivity (Wildman–Crippen MR) is 125 cm³/mol. The van der Waals surface area contributed by atoms with Crippen molar-refractivity contribution in [2.45, 2.75) is 20.0 Å². The Morgan fingerprint density at radius 2 is 1.88 bits per heavy atom. The van der Waals surface area contributed by atoms with E-state index in [9.17, 15) is 13.6 Å². The van der Waals surface area contributed by atoms with E-state index in [2.05, 4.69) is 10.3 Å². The van der Waals surface area contributed by atoms with Gasteiger partial charge in [0.05, 0.1) is 17.3 Å². The number of aryl methyl sites for hydroxylation is 2. The quantitative estimate of drug-likeness (QED) is 0.423. The molecule has 2 N–H and O–H groups in total. The lowest BCUT2D eigenvalue weighted by Crippen LogP contribution is -2.25. The van der Waals surface area contributed by atoms with Crippen LogP contribution in [0.5, 0.6) is 0 Å². The Bertz CT molecular complexity index is 1440. The van der Waals surface area contributed by atoms with Gasteiger partial charge in [-0.05, 0) is 66.1 Å². The third kappa shape index (κ3) is 5.07. The number of halogens is 3. The number of aromatic nitrogens is 3. The van der Waals surface area contributed by atoms with Crippen LogP contribution in [-0.4, -0.2) is 20.0 Å². The molecule has 2 aromatic carbocycles. The van der Waals surface area contributed by atoms with Gasteiger partial charge in [-0.25, -0.2) is 13.8 Å². The molecule has 0 bridgehead atoms. The Balaban J connectivity index is 1.68. The summed E-state index contributed by atoms with van der Waals surface area (Å²) in [4.78, 5) is 17.5. The molecule has 0 radical (unpaired) electrons. The Morgan fingerprint density at radius 1 is 1.09 bits per heavy atom. The monoisotopic (exact) mass is 481 g/mol. The number of benzene rings is 2. The molecule has 2 heterocycles. The fourth-order valence-electron chi connectivity index (χ4n) is 3.62. The molecule has 0 fully saturated rings. The van der Waals surface area contributed by atoms with E-state index < -0.39 is 11.7 Å². The molecule has 0 atom stereocenters. The van der Waals surface area contributed by atoms with Gasteiger partial charge in [0.2, 0.25) is 5.62 Å². The molecule has 4 rings (SSSR count). The van der Waals surface area contributed by atoms with Crippen LogP contribution in [-0.2, 0) is 20.1 Å². The van der Waals surface area contributed by atoms with Gasteiger partial charge < -0.3 is 14.5 Å². The van der Waals surface area contributed by atoms with Gasteiger partial charge >= 0.3 is 0 Å². The molecule has 0 saturated heterocycles. The van der Waals surface area contributed by atoms with Crippen molar-refractivity contribution in [2.24, 2.45) is 7.05 Å². The van der Waals surface area contributed by atoms with E-state index in [1.807, 2.05) is 6.07 Å². The molecular weight excluding hydrogens is 460 g/mol. The van der Waals surface area contributed by atoms with Crippen LogP contribution in [0.3, 0.4) is 0 Å². The summed E-state index contributed by atoms with van der Waals surface area (Å²) < 4.78 is 30.8. The first-order valence-electron chi connectivity index (χ1n) is 10.5. The van der Waals surface area contributed by atoms with Crippen molar-refractivity contribution in [1.29, 1.82) is 5.41 Å². The van der Waals surface area contributed by atoms with E-state index in [0.717, 1.165) is 5.56 Å². The van der Waals surface area contributed by atoms with Crippen LogP contribution in [0, 0.1) is 24.0 Å². The van der Waals surface area contributed by atoms with E-state index in [4.69, 9.17) is 17.0 Å². The highest BCUT2D eigenvalue weighted by molar-refractivity contribution is 6.30. The standard InChI is InChI=1S/C25H22ClF2N5O/c1-15-9-18(27)4-5-19(15)22-11-17(14-33-8-7-32(2)25(33)29)12-23(31-22)24(34)30-13-16-3-6-20(26)21(28)10-16/h3-12,29H,13-14H2,1-2H3,(H,30,34). The van der Waals surface area contributed by atoms with Crippen molar-refractivity contribution in [2.75, 3.05) is 0 Å². The first kappa shape index (κ1) is 23.4. The molecule has 0 saturated carbocycles. The lowest BCUT2D eigenvalue weighted by molar-refractivity contribution is 0.0946. The summed E-state index contributed by atoms with van der Waals surface area (Å²) in [7, 11) is 1.77. The number of rotatable bonds is 6. The largest absolute Gasteiger partial charge is 0.347 e. The number of pyridine rings is 1. The average Bonchev–Trinajstić information content (AvgIpc) is 3.11. The molecule has 0 aliphatic rings. The maximum absolute atomic E-state index is 13.7. The summed E-state index contributed by atoms with van der Waals surface area (Å²) in [6.07, 6.45) is 3.55. The zero-order chi connectivity index (χ0) is 24.4. The van der Waals surface area contributed by atoms with E-state index >= 15 is 0 Å². The second kappa shape index (κ2) is 9.61. The molecule has 174 valence electrons. The zero-order valence-electron chi connectivity index (χ0n) is 18.6. The Labute approximate surface area is 200 Å². The van der Waals surface area contributed by atoms with Gasteiger partial charge in [-0.2, -0.15) is 0 Å². The van der Waals surface area contributed by atoms with Crippen molar-refractivity contribution in [1.82, 2.24) is 19.4 Å². The van der Waals surface area contributed by atoms with Gasteiger partial charge in [0.1, 0.15) is 17.3 Å². The zero-order valence-corrected chi connectivity index (χ0v) is 19.3. The Kier molecular flexibility index (Phi) is 6.61. The van der Waals surface area contributed by atoms with E-state index in [1.165, 1.54) is 24.3 Å². The van der Waals surface area contributed by atoms with Crippen LogP contribution >= 0.6 is 11.6 Å². The fourth-order valence-corrected chi connectivity index (χ4v) is 3.74. The third-order valence-electron chi connectivity index (χ3n) is 5.45. The van der Waals surface area contributed by atoms with Crippen molar-refractivity contribution >= 4 is 17.5 Å². The molecule has 0 unspecified atom stereocenters. The Morgan fingerprint density at radius 3 is 2.56 bits per heavy atom. The normalized spacial score (nSPS) is 11.0. The van der Waals surface area contributed by atoms with Crippen molar-refractivity contribution in [3.8, 4) is 11.3 Å². The van der Waals surface area contributed by atoms with Gasteiger partial charge in [-0.3, -0.25) is 10.2 Å². The minimum absolute atomic E-state index is 0.0101. The maximum atomic E-state index is 13.7. The number of nitrogens with one attached hydrogen (secondary N) is 2. The molecule has 9 heteroatoms. The summed E-state index contributed by atoms with van der Waals surface area (Å²) in [5, 5.41) is 10.9. The fraction of sp³-hybridized carbons (Fsp3) is 0.160. The number of nitrogens with zero attached hydrogens (tertiary/aromatic N) is 3. The molecule has 0 aliphatic heterocycles. The van der Waals surface area contributed by atoms with Gasteiger partial charge in [0.15, 0.2) is 0 Å². The second-order valence-corrected chi connectivity index (χ2v) is 8.40. The van der Waals surface area contributed by atoms with Gasteiger partial charge in [-0.1, -0.05) is 17.7 Å². The van der Waals surface area contributed by atoms with Crippen molar-refractivity contribution < 1.29 is 13.6 Å². The number of hydrogen-bond acceptors (Lipinski definition) is 3. The van der Waals surface area contributed by atoms with Crippen LogP contribution in [0.15, 0.2) is 60.9 Å². The highest BCUT2D eigenvalue weighted by Crippen LogP contribution is 2.24. The van der Waals surface area contributed by atoms with Gasteiger partial charge in [0, 0.05) is 31.5 Å². The number of hydrogen-bond donors (Lipinski definition) is 2. The minimum Gasteiger partial charge on any atom is -0.347 e. The lowest BCUT2D eigenvalue weighted by Gasteiger charge is -2.12. The van der Waals surface area contributed by atoms with Crippen LogP contribution in [0.2, 0.25) is 5.02 Å². The minimum atomic E-state index is -0.561. The van der Waals surface area contributed by atoms with Crippen LogP contribution in [0.25, 0.3) is 11.3 Å². The average molecular weight is 482 g/mol. The van der Waals surface area contributed by atoms with Crippen molar-refractivity contribution in [3.05, 3.63) is 106 Å². The van der Waals surface area contributed by atoms with Gasteiger partial charge in [0.25, 0.3) is 5.91 Å². The summed E-state index contributed by atoms with van der Waals surface area (Å²) in [6, 6.07) is 12.2. The van der Waals surface area contributed by atoms with E-state index in [-0.39, 0.29) is 23.1 Å². The highest BCUT2D eigenvalue weighted by atomic mass is 35.5. The molecule has 6 nitrogen and oxygen atoms in total. The smallest absolute Gasteiger partial charge is 0.270 e. The van der Waals surface area contributed by atoms with Gasteiger partial charge in [-0.15, -0.1) is 0 Å². The Hall–Kier alpha value is -3.78. The summed E-state index contributed by atoms with van der Waals surface area (Å²) in [5.41, 5.74) is 3.66. The highest BCUT2D eigenvalue weighted by Gasteiger charge is 2.14. The number of amides is 1. The second-order valence-electron chi connectivity index (χ2n) is 8.00. The maximum Gasteiger partial charge on any atom is 0.270 e. The molecule has 1 amide bonds. The summed E-state index contributed by atoms with van der Waals surface area (Å²) >= 11 is 5.72. The van der Waals surface area contributed by atoms with Crippen LogP contribution in [0.4, 0.5) is 8.78 Å². The summed E-state index contributed by atoms with van der Waals surface area (Å²) in [6.45, 7) is 2.21. The van der Waals surface area contributed by atoms with Crippen LogP contribution < -0.4 is 10.9 Å². The number of imidazole rings is 1. The lowest BCUT2D eigenvalue weighted by atomic mass is 10.0. The first-order chi connectivity index (χ1) is 16.2. The molecule has 4 aromatic rings. The topological polar surface area (TPSA) is 75.7 Å². The molecule has 0 aliphatic carbocycles. The third-order valence-corrected chi connectivity index (χ3v) is 5.76. The first-order valence-corrected chi connectivity index (χ1v) is 10.8. The predicted octanol–water partition coefficient (Wildman–Crippen LogP) is 4.59. The number of carbonyl (C=O) groups is 1. The number of carbonyl (C=O) groups excluding carboxylic acids is 1. The summed E-state index contributed by atoms with van der Waals surface area (Å²) in [5.74, 6) is -1.36. The molecule has 0 spiro atoms.